The lowest BCUT2D eigenvalue weighted by Gasteiger charge is -2.22. The standard InChI is InChI=1S/C15H19NO3/c16-12-3-4-14(13(7-12)15(17)18)19-8-11-6-9-1-2-10(11)5-9/h3-4,7,9-11H,1-2,5-6,8,16H2,(H,17,18). The normalized spacial score (nSPS) is 28.5. The summed E-state index contributed by atoms with van der Waals surface area (Å²) in [6.07, 6.45) is 5.25. The SMILES string of the molecule is Nc1ccc(OCC2CC3CCC2C3)c(C(=O)O)c1. The Balaban J connectivity index is 1.68. The van der Waals surface area contributed by atoms with Gasteiger partial charge >= 0.3 is 5.97 Å². The third-order valence-electron chi connectivity index (χ3n) is 4.57. The van der Waals surface area contributed by atoms with Crippen LogP contribution in [0.4, 0.5) is 5.69 Å². The molecular weight excluding hydrogens is 242 g/mol. The molecule has 0 aliphatic heterocycles. The van der Waals surface area contributed by atoms with Gasteiger partial charge < -0.3 is 15.6 Å². The summed E-state index contributed by atoms with van der Waals surface area (Å²) in [5, 5.41) is 9.15. The van der Waals surface area contributed by atoms with Crippen molar-refractivity contribution >= 4 is 11.7 Å². The van der Waals surface area contributed by atoms with Gasteiger partial charge in [-0.2, -0.15) is 0 Å². The summed E-state index contributed by atoms with van der Waals surface area (Å²) >= 11 is 0. The van der Waals surface area contributed by atoms with Crippen LogP contribution in [-0.2, 0) is 0 Å². The number of nitrogen functional groups attached to an aromatic ring is 1. The highest BCUT2D eigenvalue weighted by Gasteiger charge is 2.39. The van der Waals surface area contributed by atoms with Crippen LogP contribution < -0.4 is 10.5 Å². The van der Waals surface area contributed by atoms with Crippen LogP contribution in [0.1, 0.15) is 36.0 Å². The third kappa shape index (κ3) is 2.39. The fourth-order valence-electron chi connectivity index (χ4n) is 3.62. The van der Waals surface area contributed by atoms with Crippen molar-refractivity contribution in [1.29, 1.82) is 0 Å². The number of carboxylic acids is 1. The molecule has 2 aliphatic carbocycles. The maximum Gasteiger partial charge on any atom is 0.339 e. The number of benzene rings is 1. The highest BCUT2D eigenvalue weighted by Crippen LogP contribution is 2.48. The summed E-state index contributed by atoms with van der Waals surface area (Å²) in [5.74, 6) is 1.70. The van der Waals surface area contributed by atoms with Crippen molar-refractivity contribution < 1.29 is 14.6 Å². The van der Waals surface area contributed by atoms with Gasteiger partial charge in [0.25, 0.3) is 0 Å². The predicted molar refractivity (Wildman–Crippen MR) is 72.2 cm³/mol. The lowest BCUT2D eigenvalue weighted by molar-refractivity contribution is 0.0690. The van der Waals surface area contributed by atoms with Crippen LogP contribution in [-0.4, -0.2) is 17.7 Å². The molecule has 3 rings (SSSR count). The van der Waals surface area contributed by atoms with E-state index in [1.54, 1.807) is 12.1 Å². The minimum Gasteiger partial charge on any atom is -0.492 e. The molecule has 0 heterocycles. The van der Waals surface area contributed by atoms with Gasteiger partial charge in [-0.3, -0.25) is 0 Å². The summed E-state index contributed by atoms with van der Waals surface area (Å²) < 4.78 is 5.75. The summed E-state index contributed by atoms with van der Waals surface area (Å²) in [7, 11) is 0. The molecule has 1 aromatic carbocycles. The first-order valence-electron chi connectivity index (χ1n) is 6.89. The zero-order valence-corrected chi connectivity index (χ0v) is 10.8. The van der Waals surface area contributed by atoms with Crippen LogP contribution in [0.15, 0.2) is 18.2 Å². The molecule has 1 aromatic rings. The molecule has 0 amide bonds. The Morgan fingerprint density at radius 3 is 2.84 bits per heavy atom. The quantitative estimate of drug-likeness (QED) is 0.817. The average Bonchev–Trinajstić information content (AvgIpc) is 2.99. The molecule has 19 heavy (non-hydrogen) atoms. The van der Waals surface area contributed by atoms with Gasteiger partial charge in [-0.25, -0.2) is 4.79 Å². The highest BCUT2D eigenvalue weighted by atomic mass is 16.5. The van der Waals surface area contributed by atoms with Gasteiger partial charge in [0.15, 0.2) is 0 Å². The Labute approximate surface area is 112 Å². The highest BCUT2D eigenvalue weighted by molar-refractivity contribution is 5.92. The van der Waals surface area contributed by atoms with Crippen molar-refractivity contribution in [1.82, 2.24) is 0 Å². The monoisotopic (exact) mass is 261 g/mol. The second-order valence-corrected chi connectivity index (χ2v) is 5.81. The minimum absolute atomic E-state index is 0.156. The molecule has 0 saturated heterocycles. The van der Waals surface area contributed by atoms with Crippen LogP contribution in [0.3, 0.4) is 0 Å². The largest absolute Gasteiger partial charge is 0.492 e. The summed E-state index contributed by atoms with van der Waals surface area (Å²) in [6, 6.07) is 4.80. The zero-order chi connectivity index (χ0) is 13.4. The molecule has 3 atom stereocenters. The lowest BCUT2D eigenvalue weighted by atomic mass is 9.89. The van der Waals surface area contributed by atoms with Gasteiger partial charge in [-0.05, 0) is 55.2 Å². The van der Waals surface area contributed by atoms with E-state index < -0.39 is 5.97 Å². The molecule has 102 valence electrons. The molecule has 3 N–H and O–H groups in total. The lowest BCUT2D eigenvalue weighted by Crippen LogP contribution is -2.19. The molecule has 2 fully saturated rings. The van der Waals surface area contributed by atoms with Gasteiger partial charge in [0, 0.05) is 5.69 Å². The van der Waals surface area contributed by atoms with Crippen molar-refractivity contribution in [2.75, 3.05) is 12.3 Å². The maximum atomic E-state index is 11.2. The van der Waals surface area contributed by atoms with E-state index in [0.29, 0.717) is 24.0 Å². The Hall–Kier alpha value is -1.71. The van der Waals surface area contributed by atoms with E-state index in [1.807, 2.05) is 0 Å². The molecule has 0 spiro atoms. The third-order valence-corrected chi connectivity index (χ3v) is 4.57. The molecule has 3 unspecified atom stereocenters. The van der Waals surface area contributed by atoms with E-state index in [9.17, 15) is 4.79 Å². The Morgan fingerprint density at radius 2 is 2.21 bits per heavy atom. The number of carbonyl (C=O) groups is 1. The number of hydrogen-bond donors (Lipinski definition) is 2. The number of fused-ring (bicyclic) bond motifs is 2. The number of nitrogens with two attached hydrogens (primary N) is 1. The topological polar surface area (TPSA) is 72.5 Å². The molecule has 4 nitrogen and oxygen atoms in total. The van der Waals surface area contributed by atoms with Crippen molar-refractivity contribution in [3.05, 3.63) is 23.8 Å². The minimum atomic E-state index is -0.991. The van der Waals surface area contributed by atoms with Crippen LogP contribution in [0.5, 0.6) is 5.75 Å². The number of anilines is 1. The average molecular weight is 261 g/mol. The first-order chi connectivity index (χ1) is 9.13. The second kappa shape index (κ2) is 4.76. The molecule has 4 heteroatoms. The molecule has 2 aliphatic rings. The van der Waals surface area contributed by atoms with E-state index in [4.69, 9.17) is 15.6 Å². The first kappa shape index (κ1) is 12.3. The van der Waals surface area contributed by atoms with Crippen LogP contribution in [0, 0.1) is 17.8 Å². The maximum absolute atomic E-state index is 11.2. The summed E-state index contributed by atoms with van der Waals surface area (Å²) in [6.45, 7) is 0.630. The fourth-order valence-corrected chi connectivity index (χ4v) is 3.62. The van der Waals surface area contributed by atoms with E-state index in [1.165, 1.54) is 31.7 Å². The molecule has 2 saturated carbocycles. The van der Waals surface area contributed by atoms with Crippen LogP contribution in [0.2, 0.25) is 0 Å². The second-order valence-electron chi connectivity index (χ2n) is 5.81. The van der Waals surface area contributed by atoms with E-state index in [0.717, 1.165) is 11.8 Å². The van der Waals surface area contributed by atoms with Crippen molar-refractivity contribution in [2.24, 2.45) is 17.8 Å². The van der Waals surface area contributed by atoms with Gasteiger partial charge in [-0.1, -0.05) is 6.42 Å². The smallest absolute Gasteiger partial charge is 0.339 e. The van der Waals surface area contributed by atoms with E-state index in [-0.39, 0.29) is 5.56 Å². The molecule has 0 radical (unpaired) electrons. The van der Waals surface area contributed by atoms with Crippen LogP contribution >= 0.6 is 0 Å². The van der Waals surface area contributed by atoms with Gasteiger partial charge in [-0.15, -0.1) is 0 Å². The van der Waals surface area contributed by atoms with Crippen molar-refractivity contribution in [3.63, 3.8) is 0 Å². The number of rotatable bonds is 4. The number of carboxylic acid groups (broad SMARTS) is 1. The van der Waals surface area contributed by atoms with Crippen molar-refractivity contribution in [2.45, 2.75) is 25.7 Å². The number of aromatic carboxylic acids is 1. The summed E-state index contributed by atoms with van der Waals surface area (Å²) in [4.78, 5) is 11.2. The van der Waals surface area contributed by atoms with Gasteiger partial charge in [0.2, 0.25) is 0 Å². The van der Waals surface area contributed by atoms with E-state index >= 15 is 0 Å². The number of ether oxygens (including phenoxy) is 1. The molecular formula is C15H19NO3. The Bertz CT molecular complexity index is 500. The van der Waals surface area contributed by atoms with Gasteiger partial charge in [0.1, 0.15) is 11.3 Å². The first-order valence-corrected chi connectivity index (χ1v) is 6.89. The van der Waals surface area contributed by atoms with Crippen LogP contribution in [0.25, 0.3) is 0 Å². The van der Waals surface area contributed by atoms with Gasteiger partial charge in [0.05, 0.1) is 6.61 Å². The van der Waals surface area contributed by atoms with E-state index in [2.05, 4.69) is 0 Å². The Morgan fingerprint density at radius 1 is 1.37 bits per heavy atom. The molecule has 0 aromatic heterocycles. The predicted octanol–water partition coefficient (Wildman–Crippen LogP) is 2.78. The Kier molecular flexibility index (Phi) is 3.09. The zero-order valence-electron chi connectivity index (χ0n) is 10.8. The summed E-state index contributed by atoms with van der Waals surface area (Å²) in [5.41, 5.74) is 6.22. The fraction of sp³-hybridized carbons (Fsp3) is 0.533. The molecule has 2 bridgehead atoms. The number of hydrogen-bond acceptors (Lipinski definition) is 3. The van der Waals surface area contributed by atoms with Crippen molar-refractivity contribution in [3.8, 4) is 5.75 Å².